The van der Waals surface area contributed by atoms with Gasteiger partial charge in [0, 0.05) is 13.1 Å². The molecular weight excluding hydrogens is 342 g/mol. The number of rotatable bonds is 4. The summed E-state index contributed by atoms with van der Waals surface area (Å²) in [6, 6.07) is 15.0. The maximum Gasteiger partial charge on any atom is 0.337 e. The molecule has 0 atom stereocenters. The number of nitrogens with zero attached hydrogens (tertiary/aromatic N) is 3. The molecule has 27 heavy (non-hydrogen) atoms. The van der Waals surface area contributed by atoms with Crippen LogP contribution in [0.2, 0.25) is 0 Å². The minimum Gasteiger partial charge on any atom is -0.465 e. The quantitative estimate of drug-likeness (QED) is 0.667. The average Bonchev–Trinajstić information content (AvgIpc) is 3.24. The van der Waals surface area contributed by atoms with E-state index in [0.29, 0.717) is 29.0 Å². The number of carbonyl (C=O) groups excluding carboxylic acids is 1. The van der Waals surface area contributed by atoms with Crippen molar-refractivity contribution in [2.24, 2.45) is 0 Å². The van der Waals surface area contributed by atoms with Crippen LogP contribution in [-0.2, 0) is 11.3 Å². The van der Waals surface area contributed by atoms with Crippen molar-refractivity contribution in [1.29, 1.82) is 0 Å². The second-order valence-electron chi connectivity index (χ2n) is 6.70. The average molecular weight is 363 g/mol. The van der Waals surface area contributed by atoms with Crippen LogP contribution in [0.1, 0.15) is 28.8 Å². The number of esters is 1. The molecule has 1 aliphatic rings. The zero-order chi connectivity index (χ0) is 18.8. The molecule has 1 aliphatic heterocycles. The standard InChI is InChI=1S/C21H21N3O3/c1-27-21(26)16-9-10-18-17(13-16)22-19(23-11-5-6-12-23)20(25)24(18)14-15-7-3-2-4-8-15/h2-4,7-10,13H,5-6,11-12,14H2,1H3. The first kappa shape index (κ1) is 17.3. The molecule has 0 radical (unpaired) electrons. The van der Waals surface area contributed by atoms with E-state index < -0.39 is 5.97 Å². The second-order valence-corrected chi connectivity index (χ2v) is 6.70. The van der Waals surface area contributed by atoms with E-state index in [1.165, 1.54) is 7.11 Å². The van der Waals surface area contributed by atoms with Crippen LogP contribution in [0.15, 0.2) is 53.3 Å². The minimum atomic E-state index is -0.415. The van der Waals surface area contributed by atoms with Gasteiger partial charge in [-0.3, -0.25) is 9.36 Å². The zero-order valence-electron chi connectivity index (χ0n) is 15.2. The summed E-state index contributed by atoms with van der Waals surface area (Å²) in [6.07, 6.45) is 2.11. The Labute approximate surface area is 157 Å². The first-order chi connectivity index (χ1) is 13.2. The summed E-state index contributed by atoms with van der Waals surface area (Å²) in [5, 5.41) is 0. The van der Waals surface area contributed by atoms with Gasteiger partial charge < -0.3 is 9.64 Å². The molecule has 6 nitrogen and oxygen atoms in total. The van der Waals surface area contributed by atoms with E-state index >= 15 is 0 Å². The molecule has 0 spiro atoms. The Balaban J connectivity index is 1.90. The number of hydrogen-bond donors (Lipinski definition) is 0. The molecule has 0 bridgehead atoms. The summed E-state index contributed by atoms with van der Waals surface area (Å²) in [6.45, 7) is 2.11. The third kappa shape index (κ3) is 3.30. The summed E-state index contributed by atoms with van der Waals surface area (Å²) < 4.78 is 6.56. The summed E-state index contributed by atoms with van der Waals surface area (Å²) >= 11 is 0. The molecule has 1 aromatic heterocycles. The van der Waals surface area contributed by atoms with E-state index in [9.17, 15) is 9.59 Å². The van der Waals surface area contributed by atoms with E-state index in [4.69, 9.17) is 4.74 Å². The number of methoxy groups -OCH3 is 1. The predicted octanol–water partition coefficient (Wildman–Crippen LogP) is 2.83. The SMILES string of the molecule is COC(=O)c1ccc2c(c1)nc(N1CCCC1)c(=O)n2Cc1ccccc1. The Hall–Kier alpha value is -3.15. The molecule has 0 saturated carbocycles. The molecule has 138 valence electrons. The monoisotopic (exact) mass is 363 g/mol. The van der Waals surface area contributed by atoms with Crippen LogP contribution in [0, 0.1) is 0 Å². The zero-order valence-corrected chi connectivity index (χ0v) is 15.2. The second kappa shape index (κ2) is 7.23. The van der Waals surface area contributed by atoms with Gasteiger partial charge in [-0.25, -0.2) is 9.78 Å². The van der Waals surface area contributed by atoms with E-state index in [2.05, 4.69) is 4.98 Å². The summed E-state index contributed by atoms with van der Waals surface area (Å²) in [5.41, 5.74) is 2.69. The first-order valence-corrected chi connectivity index (χ1v) is 9.09. The van der Waals surface area contributed by atoms with Crippen molar-refractivity contribution >= 4 is 22.8 Å². The van der Waals surface area contributed by atoms with Crippen LogP contribution in [0.4, 0.5) is 5.82 Å². The lowest BCUT2D eigenvalue weighted by molar-refractivity contribution is 0.0601. The molecule has 0 N–H and O–H groups in total. The Morgan fingerprint density at radius 1 is 1.11 bits per heavy atom. The highest BCUT2D eigenvalue weighted by Crippen LogP contribution is 2.20. The van der Waals surface area contributed by atoms with E-state index in [-0.39, 0.29) is 5.56 Å². The molecular formula is C21H21N3O3. The van der Waals surface area contributed by atoms with E-state index in [1.54, 1.807) is 22.8 Å². The van der Waals surface area contributed by atoms with Crippen molar-refractivity contribution in [3.8, 4) is 0 Å². The van der Waals surface area contributed by atoms with Crippen LogP contribution < -0.4 is 10.5 Å². The minimum absolute atomic E-state index is 0.0981. The lowest BCUT2D eigenvalue weighted by Crippen LogP contribution is -2.32. The van der Waals surface area contributed by atoms with Crippen molar-refractivity contribution in [3.63, 3.8) is 0 Å². The molecule has 0 unspecified atom stereocenters. The van der Waals surface area contributed by atoms with Crippen molar-refractivity contribution < 1.29 is 9.53 Å². The van der Waals surface area contributed by atoms with Crippen LogP contribution in [0.25, 0.3) is 11.0 Å². The van der Waals surface area contributed by atoms with Gasteiger partial charge in [-0.1, -0.05) is 30.3 Å². The molecule has 2 heterocycles. The predicted molar refractivity (Wildman–Crippen MR) is 104 cm³/mol. The van der Waals surface area contributed by atoms with Crippen molar-refractivity contribution in [2.75, 3.05) is 25.1 Å². The number of carbonyl (C=O) groups is 1. The largest absolute Gasteiger partial charge is 0.465 e. The van der Waals surface area contributed by atoms with Gasteiger partial charge in [0.2, 0.25) is 0 Å². The fraction of sp³-hybridized carbons (Fsp3) is 0.286. The van der Waals surface area contributed by atoms with Gasteiger partial charge in [-0.05, 0) is 36.6 Å². The molecule has 4 rings (SSSR count). The normalized spacial score (nSPS) is 13.9. The lowest BCUT2D eigenvalue weighted by atomic mass is 10.1. The fourth-order valence-electron chi connectivity index (χ4n) is 3.54. The number of benzene rings is 2. The van der Waals surface area contributed by atoms with Gasteiger partial charge in [-0.2, -0.15) is 0 Å². The van der Waals surface area contributed by atoms with Gasteiger partial charge in [0.15, 0.2) is 5.82 Å². The van der Waals surface area contributed by atoms with Crippen molar-refractivity contribution in [2.45, 2.75) is 19.4 Å². The highest BCUT2D eigenvalue weighted by molar-refractivity contribution is 5.93. The number of aromatic nitrogens is 2. The molecule has 1 fully saturated rings. The number of ether oxygens (including phenoxy) is 1. The third-order valence-electron chi connectivity index (χ3n) is 4.94. The molecule has 6 heteroatoms. The maximum absolute atomic E-state index is 13.2. The highest BCUT2D eigenvalue weighted by atomic mass is 16.5. The Bertz CT molecular complexity index is 1040. The number of fused-ring (bicyclic) bond motifs is 1. The van der Waals surface area contributed by atoms with Crippen LogP contribution in [0.5, 0.6) is 0 Å². The topological polar surface area (TPSA) is 64.4 Å². The third-order valence-corrected chi connectivity index (χ3v) is 4.94. The van der Waals surface area contributed by atoms with E-state index in [0.717, 1.165) is 31.5 Å². The fourth-order valence-corrected chi connectivity index (χ4v) is 3.54. The van der Waals surface area contributed by atoms with Crippen molar-refractivity contribution in [3.05, 3.63) is 70.0 Å². The van der Waals surface area contributed by atoms with Crippen LogP contribution in [0.3, 0.4) is 0 Å². The Morgan fingerprint density at radius 3 is 2.56 bits per heavy atom. The van der Waals surface area contributed by atoms with Gasteiger partial charge in [0.25, 0.3) is 5.56 Å². The molecule has 1 saturated heterocycles. The highest BCUT2D eigenvalue weighted by Gasteiger charge is 2.21. The summed E-state index contributed by atoms with van der Waals surface area (Å²) in [4.78, 5) is 31.8. The number of anilines is 1. The van der Waals surface area contributed by atoms with Crippen LogP contribution in [-0.4, -0.2) is 35.7 Å². The lowest BCUT2D eigenvalue weighted by Gasteiger charge is -2.19. The molecule has 2 aromatic carbocycles. The van der Waals surface area contributed by atoms with Gasteiger partial charge in [-0.15, -0.1) is 0 Å². The maximum atomic E-state index is 13.2. The van der Waals surface area contributed by atoms with Crippen molar-refractivity contribution in [1.82, 2.24) is 9.55 Å². The smallest absolute Gasteiger partial charge is 0.337 e. The Kier molecular flexibility index (Phi) is 4.62. The summed E-state index contributed by atoms with van der Waals surface area (Å²) in [5.74, 6) is 0.0418. The van der Waals surface area contributed by atoms with Gasteiger partial charge >= 0.3 is 5.97 Å². The van der Waals surface area contributed by atoms with Crippen LogP contribution >= 0.6 is 0 Å². The molecule has 0 amide bonds. The first-order valence-electron chi connectivity index (χ1n) is 9.09. The summed E-state index contributed by atoms with van der Waals surface area (Å²) in [7, 11) is 1.35. The van der Waals surface area contributed by atoms with Gasteiger partial charge in [0.05, 0.1) is 30.3 Å². The van der Waals surface area contributed by atoms with E-state index in [1.807, 2.05) is 35.2 Å². The number of hydrogen-bond acceptors (Lipinski definition) is 5. The Morgan fingerprint density at radius 2 is 1.85 bits per heavy atom. The molecule has 3 aromatic rings. The van der Waals surface area contributed by atoms with Gasteiger partial charge in [0.1, 0.15) is 0 Å². The molecule has 0 aliphatic carbocycles.